The lowest BCUT2D eigenvalue weighted by molar-refractivity contribution is -0.113. The molecule has 1 unspecified atom stereocenters. The van der Waals surface area contributed by atoms with Crippen molar-refractivity contribution in [3.05, 3.63) is 76.4 Å². The predicted octanol–water partition coefficient (Wildman–Crippen LogP) is 3.89. The predicted molar refractivity (Wildman–Crippen MR) is 123 cm³/mol. The standard InChI is InChI=1S/C25H31N3O/c1-26-17-20-7-5-18(6-8-20)13-21-15-23(27-2)16-22(25(21)29)14-19-9-11-24(12-10-19)28(3)4/h5-14,23,26-27H,15-17H2,1-4H3. The first kappa shape index (κ1) is 21.0. The van der Waals surface area contributed by atoms with Crippen LogP contribution in [0.1, 0.15) is 29.5 Å². The Balaban J connectivity index is 1.86. The Hall–Kier alpha value is -2.69. The second kappa shape index (κ2) is 9.68. The maximum Gasteiger partial charge on any atom is 0.185 e. The number of rotatable bonds is 6. The van der Waals surface area contributed by atoms with E-state index >= 15 is 0 Å². The molecule has 152 valence electrons. The number of hydrogen-bond donors (Lipinski definition) is 2. The number of nitrogens with zero attached hydrogens (tertiary/aromatic N) is 1. The zero-order valence-electron chi connectivity index (χ0n) is 17.8. The Bertz CT molecular complexity index is 893. The number of hydrogen-bond acceptors (Lipinski definition) is 4. The lowest BCUT2D eigenvalue weighted by atomic mass is 9.83. The Labute approximate surface area is 174 Å². The van der Waals surface area contributed by atoms with E-state index in [9.17, 15) is 4.79 Å². The largest absolute Gasteiger partial charge is 0.378 e. The van der Waals surface area contributed by atoms with Crippen LogP contribution in [0.15, 0.2) is 59.7 Å². The van der Waals surface area contributed by atoms with Gasteiger partial charge in [-0.15, -0.1) is 0 Å². The summed E-state index contributed by atoms with van der Waals surface area (Å²) in [5, 5.41) is 6.51. The molecule has 2 aromatic carbocycles. The molecule has 1 saturated carbocycles. The molecule has 3 rings (SSSR count). The van der Waals surface area contributed by atoms with E-state index < -0.39 is 0 Å². The van der Waals surface area contributed by atoms with Crippen molar-refractivity contribution in [3.63, 3.8) is 0 Å². The van der Waals surface area contributed by atoms with Gasteiger partial charge >= 0.3 is 0 Å². The third-order valence-electron chi connectivity index (χ3n) is 5.38. The van der Waals surface area contributed by atoms with Gasteiger partial charge in [-0.05, 0) is 67.9 Å². The Morgan fingerprint density at radius 2 is 1.41 bits per heavy atom. The number of anilines is 1. The molecule has 0 amide bonds. The lowest BCUT2D eigenvalue weighted by Gasteiger charge is -2.25. The zero-order valence-corrected chi connectivity index (χ0v) is 17.8. The Morgan fingerprint density at radius 3 is 1.86 bits per heavy atom. The van der Waals surface area contributed by atoms with Gasteiger partial charge in [0.05, 0.1) is 0 Å². The number of benzene rings is 2. The highest BCUT2D eigenvalue weighted by molar-refractivity contribution is 6.14. The van der Waals surface area contributed by atoms with Crippen LogP contribution in [-0.4, -0.2) is 40.0 Å². The molecule has 2 aromatic rings. The minimum atomic E-state index is 0.160. The van der Waals surface area contributed by atoms with Gasteiger partial charge in [-0.2, -0.15) is 0 Å². The molecule has 1 fully saturated rings. The van der Waals surface area contributed by atoms with E-state index in [0.717, 1.165) is 47.3 Å². The molecule has 29 heavy (non-hydrogen) atoms. The van der Waals surface area contributed by atoms with Crippen LogP contribution in [0, 0.1) is 0 Å². The zero-order chi connectivity index (χ0) is 20.8. The van der Waals surface area contributed by atoms with Crippen LogP contribution in [0.25, 0.3) is 12.2 Å². The summed E-state index contributed by atoms with van der Waals surface area (Å²) >= 11 is 0. The van der Waals surface area contributed by atoms with Crippen LogP contribution in [0.4, 0.5) is 5.69 Å². The number of carbonyl (C=O) groups excluding carboxylic acids is 1. The molecule has 1 aliphatic rings. The van der Waals surface area contributed by atoms with Gasteiger partial charge in [0.1, 0.15) is 0 Å². The summed E-state index contributed by atoms with van der Waals surface area (Å²) in [6, 6.07) is 17.0. The summed E-state index contributed by atoms with van der Waals surface area (Å²) in [7, 11) is 7.96. The van der Waals surface area contributed by atoms with Gasteiger partial charge in [0.2, 0.25) is 0 Å². The third-order valence-corrected chi connectivity index (χ3v) is 5.38. The van der Waals surface area contributed by atoms with Crippen molar-refractivity contribution in [2.45, 2.75) is 25.4 Å². The summed E-state index contributed by atoms with van der Waals surface area (Å²) in [6.07, 6.45) is 5.58. The lowest BCUT2D eigenvalue weighted by Crippen LogP contribution is -2.33. The van der Waals surface area contributed by atoms with E-state index in [4.69, 9.17) is 0 Å². The average molecular weight is 390 g/mol. The van der Waals surface area contributed by atoms with Crippen molar-refractivity contribution in [2.24, 2.45) is 0 Å². The molecule has 0 aromatic heterocycles. The number of ketones is 1. The first-order chi connectivity index (χ1) is 14.0. The van der Waals surface area contributed by atoms with Crippen LogP contribution in [0.3, 0.4) is 0 Å². The molecule has 1 atom stereocenters. The maximum absolute atomic E-state index is 13.2. The summed E-state index contributed by atoms with van der Waals surface area (Å²) in [5.41, 5.74) is 6.25. The minimum Gasteiger partial charge on any atom is -0.378 e. The minimum absolute atomic E-state index is 0.160. The van der Waals surface area contributed by atoms with Crippen LogP contribution in [-0.2, 0) is 11.3 Å². The van der Waals surface area contributed by atoms with Crippen molar-refractivity contribution in [2.75, 3.05) is 33.1 Å². The van der Waals surface area contributed by atoms with E-state index in [0.29, 0.717) is 0 Å². The Kier molecular flexibility index (Phi) is 7.02. The summed E-state index contributed by atoms with van der Waals surface area (Å²) in [6.45, 7) is 0.844. The van der Waals surface area contributed by atoms with E-state index in [2.05, 4.69) is 64.1 Å². The fraction of sp³-hybridized carbons (Fsp3) is 0.320. The molecule has 2 N–H and O–H groups in total. The van der Waals surface area contributed by atoms with Crippen LogP contribution < -0.4 is 15.5 Å². The molecule has 0 aliphatic heterocycles. The molecule has 0 spiro atoms. The third kappa shape index (κ3) is 5.43. The van der Waals surface area contributed by atoms with Gasteiger partial charge in [0.25, 0.3) is 0 Å². The van der Waals surface area contributed by atoms with Crippen molar-refractivity contribution in [1.82, 2.24) is 10.6 Å². The molecular formula is C25H31N3O. The summed E-state index contributed by atoms with van der Waals surface area (Å²) in [4.78, 5) is 15.2. The summed E-state index contributed by atoms with van der Waals surface area (Å²) in [5.74, 6) is 0.160. The number of nitrogens with one attached hydrogen (secondary N) is 2. The SMILES string of the molecule is CNCc1ccc(C=C2CC(NC)CC(=Cc3ccc(N(C)C)cc3)C2=O)cc1. The first-order valence-corrected chi connectivity index (χ1v) is 10.1. The maximum atomic E-state index is 13.2. The smallest absolute Gasteiger partial charge is 0.185 e. The van der Waals surface area contributed by atoms with E-state index in [-0.39, 0.29) is 11.8 Å². The van der Waals surface area contributed by atoms with Gasteiger partial charge in [-0.3, -0.25) is 4.79 Å². The molecule has 0 bridgehead atoms. The highest BCUT2D eigenvalue weighted by Gasteiger charge is 2.26. The molecule has 4 nitrogen and oxygen atoms in total. The highest BCUT2D eigenvalue weighted by atomic mass is 16.1. The second-order valence-corrected chi connectivity index (χ2v) is 7.82. The van der Waals surface area contributed by atoms with Crippen LogP contribution >= 0.6 is 0 Å². The molecule has 0 heterocycles. The molecular weight excluding hydrogens is 358 g/mol. The number of carbonyl (C=O) groups is 1. The molecule has 1 aliphatic carbocycles. The van der Waals surface area contributed by atoms with Crippen molar-refractivity contribution < 1.29 is 4.79 Å². The number of Topliss-reactive ketones (excluding diaryl/α,β-unsaturated/α-hetero) is 1. The van der Waals surface area contributed by atoms with Gasteiger partial charge in [-0.25, -0.2) is 0 Å². The fourth-order valence-electron chi connectivity index (χ4n) is 3.65. The van der Waals surface area contributed by atoms with Crippen LogP contribution in [0.5, 0.6) is 0 Å². The second-order valence-electron chi connectivity index (χ2n) is 7.82. The normalized spacial score (nSPS) is 19.7. The molecule has 0 saturated heterocycles. The Morgan fingerprint density at radius 1 is 0.897 bits per heavy atom. The first-order valence-electron chi connectivity index (χ1n) is 10.1. The highest BCUT2D eigenvalue weighted by Crippen LogP contribution is 2.29. The van der Waals surface area contributed by atoms with E-state index in [1.807, 2.05) is 40.3 Å². The molecule has 4 heteroatoms. The fourth-order valence-corrected chi connectivity index (χ4v) is 3.65. The van der Waals surface area contributed by atoms with Crippen molar-refractivity contribution in [1.29, 1.82) is 0 Å². The van der Waals surface area contributed by atoms with Gasteiger partial charge in [0, 0.05) is 43.5 Å². The summed E-state index contributed by atoms with van der Waals surface area (Å²) < 4.78 is 0. The van der Waals surface area contributed by atoms with Crippen LogP contribution in [0.2, 0.25) is 0 Å². The quantitative estimate of drug-likeness (QED) is 0.736. The van der Waals surface area contributed by atoms with E-state index in [1.54, 1.807) is 0 Å². The monoisotopic (exact) mass is 389 g/mol. The molecule has 0 radical (unpaired) electrons. The average Bonchev–Trinajstić information content (AvgIpc) is 2.72. The van der Waals surface area contributed by atoms with Gasteiger partial charge in [-0.1, -0.05) is 36.4 Å². The van der Waals surface area contributed by atoms with Gasteiger partial charge < -0.3 is 15.5 Å². The topological polar surface area (TPSA) is 44.4 Å². The van der Waals surface area contributed by atoms with E-state index in [1.165, 1.54) is 5.56 Å². The van der Waals surface area contributed by atoms with Gasteiger partial charge in [0.15, 0.2) is 5.78 Å². The van der Waals surface area contributed by atoms with Crippen molar-refractivity contribution in [3.8, 4) is 0 Å². The van der Waals surface area contributed by atoms with Crippen molar-refractivity contribution >= 4 is 23.6 Å².